The molecular formula is C9H15NSe2. The molecular weight excluding hydrogens is 280 g/mol. The van der Waals surface area contributed by atoms with Crippen molar-refractivity contribution in [2.45, 2.75) is 24.6 Å². The van der Waals surface area contributed by atoms with Gasteiger partial charge in [-0.05, 0) is 0 Å². The second-order valence-electron chi connectivity index (χ2n) is 2.91. The summed E-state index contributed by atoms with van der Waals surface area (Å²) in [5, 5.41) is 1.16. The Bertz CT molecular complexity index is 162. The molecule has 1 fully saturated rings. The van der Waals surface area contributed by atoms with Crippen LogP contribution in [0.25, 0.3) is 0 Å². The van der Waals surface area contributed by atoms with Crippen LogP contribution in [0.1, 0.15) is 19.3 Å². The first-order valence-electron chi connectivity index (χ1n) is 4.37. The van der Waals surface area contributed by atoms with Crippen LogP contribution in [0.15, 0.2) is 12.7 Å². The second kappa shape index (κ2) is 5.99. The molecule has 0 spiro atoms. The summed E-state index contributed by atoms with van der Waals surface area (Å²) in [6, 6.07) is 0. The molecule has 1 nitrogen and oxygen atoms in total. The monoisotopic (exact) mass is 297 g/mol. The number of hydrogen-bond donors (Lipinski definition) is 0. The van der Waals surface area contributed by atoms with E-state index in [0.29, 0.717) is 15.0 Å². The maximum absolute atomic E-state index is 3.75. The molecule has 0 unspecified atom stereocenters. The Morgan fingerprint density at radius 3 is 2.67 bits per heavy atom. The van der Waals surface area contributed by atoms with Gasteiger partial charge in [0.25, 0.3) is 0 Å². The molecule has 1 saturated heterocycles. The SMILES string of the molecule is C=CC[Se]C(=[Se])N1CCCCC1. The van der Waals surface area contributed by atoms with Crippen LogP contribution in [0.3, 0.4) is 0 Å². The van der Waals surface area contributed by atoms with Crippen LogP contribution < -0.4 is 0 Å². The molecule has 12 heavy (non-hydrogen) atoms. The second-order valence-corrected chi connectivity index (χ2v) is 7.15. The van der Waals surface area contributed by atoms with Gasteiger partial charge in [-0.25, -0.2) is 0 Å². The molecule has 1 rings (SSSR count). The van der Waals surface area contributed by atoms with Crippen LogP contribution in [0.4, 0.5) is 0 Å². The number of rotatable bonds is 4. The predicted octanol–water partition coefficient (Wildman–Crippen LogP) is 1.04. The van der Waals surface area contributed by atoms with Crippen LogP contribution in [0.2, 0.25) is 5.32 Å². The first-order valence-corrected chi connectivity index (χ1v) is 7.29. The van der Waals surface area contributed by atoms with Crippen LogP contribution in [0, 0.1) is 0 Å². The number of nitrogens with zero attached hydrogens (tertiary/aromatic N) is 1. The van der Waals surface area contributed by atoms with Gasteiger partial charge < -0.3 is 0 Å². The predicted molar refractivity (Wildman–Crippen MR) is 56.9 cm³/mol. The van der Waals surface area contributed by atoms with Gasteiger partial charge >= 0.3 is 89.2 Å². The van der Waals surface area contributed by atoms with E-state index < -0.39 is 0 Å². The third-order valence-corrected chi connectivity index (χ3v) is 5.67. The fourth-order valence-corrected chi connectivity index (χ4v) is 3.74. The molecule has 0 saturated carbocycles. The number of allylic oxidation sites excluding steroid dienone is 1. The summed E-state index contributed by atoms with van der Waals surface area (Å²) in [7, 11) is 0. The molecule has 0 N–H and O–H groups in total. The van der Waals surface area contributed by atoms with E-state index in [9.17, 15) is 0 Å². The van der Waals surface area contributed by atoms with Gasteiger partial charge in [0.2, 0.25) is 0 Å². The van der Waals surface area contributed by atoms with Crippen molar-refractivity contribution < 1.29 is 0 Å². The average Bonchev–Trinajstić information content (AvgIpc) is 2.15. The van der Waals surface area contributed by atoms with Crippen molar-refractivity contribution in [2.24, 2.45) is 0 Å². The minimum atomic E-state index is 0.610. The Balaban J connectivity index is 2.24. The van der Waals surface area contributed by atoms with E-state index in [1.807, 2.05) is 6.08 Å². The quantitative estimate of drug-likeness (QED) is 0.553. The van der Waals surface area contributed by atoms with E-state index in [4.69, 9.17) is 0 Å². The molecule has 1 heterocycles. The summed E-state index contributed by atoms with van der Waals surface area (Å²) in [5.74, 6) is 0. The van der Waals surface area contributed by atoms with Gasteiger partial charge in [-0.15, -0.1) is 0 Å². The fraction of sp³-hybridized carbons (Fsp3) is 0.667. The minimum absolute atomic E-state index is 0.610. The van der Waals surface area contributed by atoms with E-state index in [0.717, 1.165) is 5.32 Å². The number of hydrogen-bond acceptors (Lipinski definition) is 1. The molecule has 0 aromatic rings. The molecule has 0 atom stereocenters. The van der Waals surface area contributed by atoms with Gasteiger partial charge in [-0.2, -0.15) is 0 Å². The van der Waals surface area contributed by atoms with E-state index in [1.165, 1.54) is 35.8 Å². The molecule has 0 amide bonds. The van der Waals surface area contributed by atoms with Gasteiger partial charge in [0.15, 0.2) is 0 Å². The van der Waals surface area contributed by atoms with Crippen LogP contribution >= 0.6 is 0 Å². The van der Waals surface area contributed by atoms with Crippen molar-refractivity contribution in [2.75, 3.05) is 13.1 Å². The zero-order valence-electron chi connectivity index (χ0n) is 7.29. The Hall–Kier alpha value is 0.449. The third kappa shape index (κ3) is 3.45. The van der Waals surface area contributed by atoms with Gasteiger partial charge in [0, 0.05) is 0 Å². The van der Waals surface area contributed by atoms with E-state index >= 15 is 0 Å². The van der Waals surface area contributed by atoms with E-state index in [-0.39, 0.29) is 0 Å². The van der Waals surface area contributed by atoms with Gasteiger partial charge in [-0.3, -0.25) is 0 Å². The Labute approximate surface area is 89.1 Å². The summed E-state index contributed by atoms with van der Waals surface area (Å²) in [6.07, 6.45) is 6.17. The molecule has 0 bridgehead atoms. The molecule has 1 aliphatic heterocycles. The molecule has 68 valence electrons. The van der Waals surface area contributed by atoms with Crippen LogP contribution in [-0.4, -0.2) is 52.0 Å². The van der Waals surface area contributed by atoms with Gasteiger partial charge in [0.1, 0.15) is 0 Å². The molecule has 0 aromatic heterocycles. The Morgan fingerprint density at radius 2 is 2.08 bits per heavy atom. The summed E-state index contributed by atoms with van der Waals surface area (Å²) < 4.78 is 1.49. The van der Waals surface area contributed by atoms with Crippen molar-refractivity contribution >= 4 is 34.0 Å². The van der Waals surface area contributed by atoms with Crippen molar-refractivity contribution in [1.82, 2.24) is 4.90 Å². The number of piperidine rings is 1. The van der Waals surface area contributed by atoms with Crippen LogP contribution in [-0.2, 0) is 0 Å². The van der Waals surface area contributed by atoms with Crippen molar-refractivity contribution in [3.8, 4) is 0 Å². The summed E-state index contributed by atoms with van der Waals surface area (Å²) >= 11 is 3.81. The first kappa shape index (κ1) is 10.5. The average molecular weight is 295 g/mol. The summed E-state index contributed by atoms with van der Waals surface area (Å²) in [6.45, 7) is 6.28. The fourth-order valence-electron chi connectivity index (χ4n) is 1.30. The number of likely N-dealkylation sites (tertiary alicyclic amines) is 1. The third-order valence-electron chi connectivity index (χ3n) is 1.94. The zero-order valence-corrected chi connectivity index (χ0v) is 10.7. The maximum atomic E-state index is 3.75. The molecule has 0 radical (unpaired) electrons. The van der Waals surface area contributed by atoms with E-state index in [2.05, 4.69) is 27.1 Å². The molecule has 3 heteroatoms. The first-order chi connectivity index (χ1) is 5.84. The zero-order chi connectivity index (χ0) is 8.81. The van der Waals surface area contributed by atoms with Gasteiger partial charge in [-0.1, -0.05) is 0 Å². The standard InChI is InChI=1S/C9H15NSe2/c1-2-8-12-9(11)10-6-4-3-5-7-10/h2H,1,3-8H2. The summed E-state index contributed by atoms with van der Waals surface area (Å²) in [4.78, 5) is 2.51. The van der Waals surface area contributed by atoms with E-state index in [1.54, 1.807) is 0 Å². The molecule has 0 aliphatic carbocycles. The van der Waals surface area contributed by atoms with Crippen molar-refractivity contribution in [1.29, 1.82) is 0 Å². The topological polar surface area (TPSA) is 3.24 Å². The van der Waals surface area contributed by atoms with Crippen molar-refractivity contribution in [3.05, 3.63) is 12.7 Å². The molecule has 0 aromatic carbocycles. The Kier molecular flexibility index (Phi) is 5.25. The molecule has 1 aliphatic rings. The Morgan fingerprint density at radius 1 is 1.42 bits per heavy atom. The normalized spacial score (nSPS) is 17.5. The van der Waals surface area contributed by atoms with Crippen LogP contribution in [0.5, 0.6) is 0 Å². The van der Waals surface area contributed by atoms with Crippen molar-refractivity contribution in [3.63, 3.8) is 0 Å². The van der Waals surface area contributed by atoms with Gasteiger partial charge in [0.05, 0.1) is 0 Å². The summed E-state index contributed by atoms with van der Waals surface area (Å²) in [5.41, 5.74) is 0.